The first-order chi connectivity index (χ1) is 7.33. The van der Waals surface area contributed by atoms with Crippen molar-refractivity contribution in [3.63, 3.8) is 0 Å². The van der Waals surface area contributed by atoms with E-state index in [2.05, 4.69) is 21.5 Å². The predicted molar refractivity (Wildman–Crippen MR) is 68.0 cm³/mol. The van der Waals surface area contributed by atoms with E-state index in [1.165, 1.54) is 0 Å². The van der Waals surface area contributed by atoms with Crippen LogP contribution in [0.5, 0.6) is 0 Å². The summed E-state index contributed by atoms with van der Waals surface area (Å²) in [4.78, 5) is 0. The molecule has 6 nitrogen and oxygen atoms in total. The summed E-state index contributed by atoms with van der Waals surface area (Å²) in [7, 11) is 0. The number of hydrogen-bond donors (Lipinski definition) is 6. The third-order valence-corrected chi connectivity index (χ3v) is 2.46. The minimum atomic E-state index is -0.203. The topological polar surface area (TPSA) is 100 Å². The number of nitrogens with one attached hydrogen (secondary N) is 4. The second-order valence-corrected chi connectivity index (χ2v) is 5.10. The summed E-state index contributed by atoms with van der Waals surface area (Å²) >= 11 is 0. The average Bonchev–Trinajstić information content (AvgIpc) is 2.23. The van der Waals surface area contributed by atoms with Gasteiger partial charge in [-0.05, 0) is 53.6 Å². The van der Waals surface area contributed by atoms with Crippen molar-refractivity contribution in [2.75, 3.05) is 13.1 Å². The summed E-state index contributed by atoms with van der Waals surface area (Å²) in [6.07, 6.45) is 2.19. The van der Waals surface area contributed by atoms with Gasteiger partial charge in [0.25, 0.3) is 0 Å². The van der Waals surface area contributed by atoms with Gasteiger partial charge in [-0.15, -0.1) is 0 Å². The minimum absolute atomic E-state index is 0.203. The molecule has 0 aromatic carbocycles. The summed E-state index contributed by atoms with van der Waals surface area (Å²) in [6, 6.07) is 0. The highest BCUT2D eigenvalue weighted by Crippen LogP contribution is 1.97. The molecule has 0 heterocycles. The Balaban J connectivity index is 3.42. The Labute approximate surface area is 98.8 Å². The van der Waals surface area contributed by atoms with E-state index in [1.54, 1.807) is 0 Å². The van der Waals surface area contributed by atoms with Gasteiger partial charge in [0.15, 0.2) is 0 Å². The molecule has 0 bridgehead atoms. The van der Waals surface area contributed by atoms with Crippen LogP contribution in [0.3, 0.4) is 0 Å². The van der Waals surface area contributed by atoms with Crippen molar-refractivity contribution in [2.24, 2.45) is 11.7 Å². The number of hydrogen-bond acceptors (Lipinski definition) is 6. The highest BCUT2D eigenvalue weighted by atomic mass is 15.3. The lowest BCUT2D eigenvalue weighted by molar-refractivity contribution is 0.299. The molecule has 0 spiro atoms. The molecule has 0 aliphatic rings. The smallest absolute Gasteiger partial charge is 0.0757 e. The van der Waals surface area contributed by atoms with Gasteiger partial charge in [0.1, 0.15) is 0 Å². The van der Waals surface area contributed by atoms with Gasteiger partial charge in [-0.3, -0.25) is 22.3 Å². The second kappa shape index (κ2) is 7.16. The quantitative estimate of drug-likeness (QED) is 0.137. The lowest BCUT2D eigenvalue weighted by Crippen LogP contribution is -2.56. The lowest BCUT2D eigenvalue weighted by atomic mass is 10.2. The molecule has 0 rings (SSSR count). The summed E-state index contributed by atoms with van der Waals surface area (Å²) in [5.41, 5.74) is 5.02. The molecule has 0 atom stereocenters. The van der Waals surface area contributed by atoms with Crippen LogP contribution in [0, 0.1) is 0 Å². The Morgan fingerprint density at radius 3 is 1.31 bits per heavy atom. The van der Waals surface area contributed by atoms with E-state index in [9.17, 15) is 0 Å². The molecule has 0 amide bonds. The Bertz CT molecular complexity index is 160. The van der Waals surface area contributed by atoms with E-state index in [-0.39, 0.29) is 11.3 Å². The van der Waals surface area contributed by atoms with Crippen LogP contribution in [0.25, 0.3) is 0 Å². The first kappa shape index (κ1) is 15.8. The zero-order chi connectivity index (χ0) is 12.7. The Kier molecular flexibility index (Phi) is 7.05. The highest BCUT2D eigenvalue weighted by molar-refractivity contribution is 4.72. The molecule has 0 unspecified atom stereocenters. The van der Waals surface area contributed by atoms with Crippen molar-refractivity contribution in [1.82, 2.24) is 21.5 Å². The molecule has 0 saturated heterocycles. The van der Waals surface area contributed by atoms with Crippen LogP contribution < -0.4 is 33.2 Å². The van der Waals surface area contributed by atoms with Crippen LogP contribution >= 0.6 is 0 Å². The van der Waals surface area contributed by atoms with Crippen molar-refractivity contribution in [2.45, 2.75) is 51.9 Å². The van der Waals surface area contributed by atoms with E-state index >= 15 is 0 Å². The summed E-state index contributed by atoms with van der Waals surface area (Å²) in [5, 5.41) is 6.63. The maximum Gasteiger partial charge on any atom is 0.0757 e. The Morgan fingerprint density at radius 1 is 0.750 bits per heavy atom. The van der Waals surface area contributed by atoms with Crippen LogP contribution in [0.4, 0.5) is 0 Å². The molecular weight excluding hydrogens is 204 g/mol. The van der Waals surface area contributed by atoms with Gasteiger partial charge in [0.2, 0.25) is 0 Å². The number of hydrazine groups is 2. The van der Waals surface area contributed by atoms with Crippen molar-refractivity contribution in [1.29, 1.82) is 0 Å². The molecule has 8 N–H and O–H groups in total. The molecule has 98 valence electrons. The Morgan fingerprint density at radius 2 is 1.06 bits per heavy atom. The maximum atomic E-state index is 5.38. The van der Waals surface area contributed by atoms with Crippen molar-refractivity contribution in [3.05, 3.63) is 0 Å². The largest absolute Gasteiger partial charge is 0.299 e. The van der Waals surface area contributed by atoms with Crippen molar-refractivity contribution in [3.8, 4) is 0 Å². The van der Waals surface area contributed by atoms with E-state index in [4.69, 9.17) is 11.7 Å². The third kappa shape index (κ3) is 7.98. The first-order valence-electron chi connectivity index (χ1n) is 5.78. The fourth-order valence-electron chi connectivity index (χ4n) is 1.15. The standard InChI is InChI=1S/C10H28N6/c1-9(2,15-11)13-7-5-6-8-14-10(3,4)16-12/h13-16H,5-8,11-12H2,1-4H3. The average molecular weight is 232 g/mol. The zero-order valence-corrected chi connectivity index (χ0v) is 11.0. The summed E-state index contributed by atoms with van der Waals surface area (Å²) < 4.78 is 0. The molecule has 0 radical (unpaired) electrons. The van der Waals surface area contributed by atoms with Crippen LogP contribution in [0.2, 0.25) is 0 Å². The van der Waals surface area contributed by atoms with E-state index in [0.717, 1.165) is 25.9 Å². The summed E-state index contributed by atoms with van der Waals surface area (Å²) in [6.45, 7) is 9.91. The van der Waals surface area contributed by atoms with Crippen molar-refractivity contribution >= 4 is 0 Å². The molecular formula is C10H28N6. The molecule has 0 aromatic rings. The monoisotopic (exact) mass is 232 g/mol. The molecule has 16 heavy (non-hydrogen) atoms. The SMILES string of the molecule is CC(C)(NN)NCCCCNC(C)(C)NN. The van der Waals surface area contributed by atoms with E-state index < -0.39 is 0 Å². The second-order valence-electron chi connectivity index (χ2n) is 5.10. The molecule has 0 fully saturated rings. The Hall–Kier alpha value is -0.240. The molecule has 0 aliphatic carbocycles. The van der Waals surface area contributed by atoms with Gasteiger partial charge in [-0.25, -0.2) is 10.9 Å². The lowest BCUT2D eigenvalue weighted by Gasteiger charge is -2.26. The third-order valence-electron chi connectivity index (χ3n) is 2.46. The fourth-order valence-corrected chi connectivity index (χ4v) is 1.15. The van der Waals surface area contributed by atoms with Gasteiger partial charge in [0.05, 0.1) is 11.3 Å². The zero-order valence-electron chi connectivity index (χ0n) is 11.0. The number of nitrogens with two attached hydrogens (primary N) is 2. The highest BCUT2D eigenvalue weighted by Gasteiger charge is 2.14. The molecule has 0 saturated carbocycles. The van der Waals surface area contributed by atoms with Crippen LogP contribution in [-0.2, 0) is 0 Å². The molecule has 6 heteroatoms. The van der Waals surface area contributed by atoms with Gasteiger partial charge < -0.3 is 0 Å². The van der Waals surface area contributed by atoms with E-state index in [1.807, 2.05) is 27.7 Å². The minimum Gasteiger partial charge on any atom is -0.299 e. The maximum absolute atomic E-state index is 5.38. The van der Waals surface area contributed by atoms with Crippen LogP contribution in [0.15, 0.2) is 0 Å². The van der Waals surface area contributed by atoms with Crippen molar-refractivity contribution < 1.29 is 0 Å². The molecule has 0 aromatic heterocycles. The van der Waals surface area contributed by atoms with Gasteiger partial charge >= 0.3 is 0 Å². The van der Waals surface area contributed by atoms with Gasteiger partial charge in [-0.1, -0.05) is 0 Å². The molecule has 0 aliphatic heterocycles. The van der Waals surface area contributed by atoms with Gasteiger partial charge in [0, 0.05) is 0 Å². The summed E-state index contributed by atoms with van der Waals surface area (Å²) in [5.74, 6) is 10.8. The number of unbranched alkanes of at least 4 members (excludes halogenated alkanes) is 1. The first-order valence-corrected chi connectivity index (χ1v) is 5.78. The van der Waals surface area contributed by atoms with Crippen LogP contribution in [-0.4, -0.2) is 24.4 Å². The van der Waals surface area contributed by atoms with E-state index in [0.29, 0.717) is 0 Å². The van der Waals surface area contributed by atoms with Gasteiger partial charge in [-0.2, -0.15) is 0 Å². The number of rotatable bonds is 9. The normalized spacial score (nSPS) is 13.1. The predicted octanol–water partition coefficient (Wildman–Crippen LogP) is -0.655. The fraction of sp³-hybridized carbons (Fsp3) is 1.00. The van der Waals surface area contributed by atoms with Crippen LogP contribution in [0.1, 0.15) is 40.5 Å².